The number of aliphatic hydroxyl groups excluding tert-OH is 1. The van der Waals surface area contributed by atoms with Gasteiger partial charge in [-0.25, -0.2) is 0 Å². The van der Waals surface area contributed by atoms with Gasteiger partial charge in [-0.2, -0.15) is 0 Å². The minimum Gasteiger partial charge on any atom is -0.396 e. The van der Waals surface area contributed by atoms with Crippen LogP contribution in [0, 0.1) is 5.92 Å². The summed E-state index contributed by atoms with van der Waals surface area (Å²) in [4.78, 5) is 13.4. The number of piperidine rings is 1. The second kappa shape index (κ2) is 4.45. The van der Waals surface area contributed by atoms with E-state index < -0.39 is 0 Å². The first-order valence-corrected chi connectivity index (χ1v) is 4.65. The van der Waals surface area contributed by atoms with Crippen LogP contribution in [0.1, 0.15) is 26.2 Å². The van der Waals surface area contributed by atoms with E-state index >= 15 is 0 Å². The molecule has 0 aliphatic carbocycles. The molecule has 1 saturated heterocycles. The molecule has 0 aromatic rings. The van der Waals surface area contributed by atoms with Gasteiger partial charge in [0.05, 0.1) is 12.5 Å². The van der Waals surface area contributed by atoms with E-state index in [-0.39, 0.29) is 18.4 Å². The number of nitrogens with zero attached hydrogens (tertiary/aromatic N) is 1. The van der Waals surface area contributed by atoms with Gasteiger partial charge in [0.25, 0.3) is 0 Å². The summed E-state index contributed by atoms with van der Waals surface area (Å²) >= 11 is 0. The smallest absolute Gasteiger partial charge is 0.227 e. The Labute approximate surface area is 73.4 Å². The summed E-state index contributed by atoms with van der Waals surface area (Å²) in [6.07, 6.45) is 3.46. The van der Waals surface area contributed by atoms with Gasteiger partial charge in [0.2, 0.25) is 5.91 Å². The zero-order valence-corrected chi connectivity index (χ0v) is 7.62. The van der Waals surface area contributed by atoms with Gasteiger partial charge in [-0.15, -0.1) is 0 Å². The molecule has 0 bridgehead atoms. The van der Waals surface area contributed by atoms with E-state index in [4.69, 9.17) is 5.11 Å². The molecule has 3 heteroatoms. The molecule has 1 N–H and O–H groups in total. The van der Waals surface area contributed by atoms with E-state index in [0.717, 1.165) is 25.9 Å². The highest BCUT2D eigenvalue weighted by atomic mass is 16.3. The first kappa shape index (κ1) is 9.52. The summed E-state index contributed by atoms with van der Waals surface area (Å²) in [6, 6.07) is 0. The first-order valence-electron chi connectivity index (χ1n) is 4.65. The lowest BCUT2D eigenvalue weighted by molar-refractivity contribution is -0.137. The van der Waals surface area contributed by atoms with Crippen LogP contribution in [0.25, 0.3) is 0 Å². The van der Waals surface area contributed by atoms with Gasteiger partial charge >= 0.3 is 0 Å². The molecular weight excluding hydrogens is 154 g/mol. The fourth-order valence-electron chi connectivity index (χ4n) is 1.50. The number of carbonyl (C=O) groups excluding carboxylic acids is 1. The second-order valence-electron chi connectivity index (χ2n) is 3.47. The number of hydrogen-bond acceptors (Lipinski definition) is 2. The molecular formula is C9H17NO2. The fourth-order valence-corrected chi connectivity index (χ4v) is 1.50. The molecule has 3 nitrogen and oxygen atoms in total. The van der Waals surface area contributed by atoms with Crippen LogP contribution < -0.4 is 0 Å². The molecule has 0 radical (unpaired) electrons. The van der Waals surface area contributed by atoms with Crippen molar-refractivity contribution in [3.05, 3.63) is 0 Å². The third-order valence-electron chi connectivity index (χ3n) is 2.36. The molecule has 1 amide bonds. The van der Waals surface area contributed by atoms with Gasteiger partial charge in [0, 0.05) is 13.1 Å². The van der Waals surface area contributed by atoms with Crippen LogP contribution in [0.15, 0.2) is 0 Å². The summed E-state index contributed by atoms with van der Waals surface area (Å²) in [5, 5.41) is 8.79. The van der Waals surface area contributed by atoms with Crippen molar-refractivity contribution in [3.8, 4) is 0 Å². The summed E-state index contributed by atoms with van der Waals surface area (Å²) < 4.78 is 0. The van der Waals surface area contributed by atoms with Crippen LogP contribution >= 0.6 is 0 Å². The highest BCUT2D eigenvalue weighted by molar-refractivity contribution is 5.78. The Kier molecular flexibility index (Phi) is 3.53. The van der Waals surface area contributed by atoms with Crippen LogP contribution in [-0.2, 0) is 4.79 Å². The topological polar surface area (TPSA) is 40.5 Å². The van der Waals surface area contributed by atoms with Crippen molar-refractivity contribution in [2.45, 2.75) is 26.2 Å². The normalized spacial score (nSPS) is 20.7. The van der Waals surface area contributed by atoms with Crippen LogP contribution in [0.2, 0.25) is 0 Å². The Bertz CT molecular complexity index is 153. The summed E-state index contributed by atoms with van der Waals surface area (Å²) in [6.45, 7) is 3.50. The lowest BCUT2D eigenvalue weighted by atomic mass is 10.1. The molecule has 1 fully saturated rings. The Morgan fingerprint density at radius 2 is 2.00 bits per heavy atom. The van der Waals surface area contributed by atoms with Crippen molar-refractivity contribution < 1.29 is 9.90 Å². The third-order valence-corrected chi connectivity index (χ3v) is 2.36. The van der Waals surface area contributed by atoms with E-state index in [1.807, 2.05) is 4.90 Å². The monoisotopic (exact) mass is 171 g/mol. The predicted molar refractivity (Wildman–Crippen MR) is 46.7 cm³/mol. The molecule has 12 heavy (non-hydrogen) atoms. The largest absolute Gasteiger partial charge is 0.396 e. The molecule has 0 aromatic carbocycles. The number of hydrogen-bond donors (Lipinski definition) is 1. The number of carbonyl (C=O) groups is 1. The summed E-state index contributed by atoms with van der Waals surface area (Å²) in [5.74, 6) is -0.111. The van der Waals surface area contributed by atoms with Gasteiger partial charge in [-0.3, -0.25) is 4.79 Å². The van der Waals surface area contributed by atoms with Crippen molar-refractivity contribution in [2.24, 2.45) is 5.92 Å². The predicted octanol–water partition coefficient (Wildman–Crippen LogP) is 0.627. The Hall–Kier alpha value is -0.570. The highest BCUT2D eigenvalue weighted by Gasteiger charge is 2.20. The Morgan fingerprint density at radius 1 is 1.42 bits per heavy atom. The third kappa shape index (κ3) is 2.21. The maximum atomic E-state index is 11.5. The molecule has 1 aliphatic rings. The van der Waals surface area contributed by atoms with E-state index in [1.54, 1.807) is 6.92 Å². The second-order valence-corrected chi connectivity index (χ2v) is 3.47. The lowest BCUT2D eigenvalue weighted by Crippen LogP contribution is -2.39. The lowest BCUT2D eigenvalue weighted by Gasteiger charge is -2.28. The Morgan fingerprint density at radius 3 is 2.50 bits per heavy atom. The molecule has 1 rings (SSSR count). The molecule has 1 atom stereocenters. The number of rotatable bonds is 2. The van der Waals surface area contributed by atoms with Gasteiger partial charge in [0.1, 0.15) is 0 Å². The molecule has 0 aromatic heterocycles. The molecule has 70 valence electrons. The van der Waals surface area contributed by atoms with E-state index in [2.05, 4.69) is 0 Å². The molecule has 1 aliphatic heterocycles. The van der Waals surface area contributed by atoms with Crippen LogP contribution in [0.4, 0.5) is 0 Å². The Balaban J connectivity index is 2.39. The van der Waals surface area contributed by atoms with Crippen molar-refractivity contribution in [2.75, 3.05) is 19.7 Å². The minimum atomic E-state index is -0.219. The minimum absolute atomic E-state index is 0.0324. The van der Waals surface area contributed by atoms with Gasteiger partial charge < -0.3 is 10.0 Å². The van der Waals surface area contributed by atoms with Crippen molar-refractivity contribution in [1.82, 2.24) is 4.90 Å². The van der Waals surface area contributed by atoms with E-state index in [1.165, 1.54) is 6.42 Å². The quantitative estimate of drug-likeness (QED) is 0.662. The standard InChI is InChI=1S/C9H17NO2/c1-8(7-11)9(12)10-5-3-2-4-6-10/h8,11H,2-7H2,1H3/t8-/m0/s1. The molecule has 1 heterocycles. The molecule has 0 unspecified atom stereocenters. The van der Waals surface area contributed by atoms with Crippen LogP contribution in [0.3, 0.4) is 0 Å². The zero-order valence-electron chi connectivity index (χ0n) is 7.62. The average molecular weight is 171 g/mol. The molecule has 0 saturated carbocycles. The van der Waals surface area contributed by atoms with E-state index in [9.17, 15) is 4.79 Å². The highest BCUT2D eigenvalue weighted by Crippen LogP contribution is 2.11. The van der Waals surface area contributed by atoms with Gasteiger partial charge in [-0.1, -0.05) is 6.92 Å². The number of likely N-dealkylation sites (tertiary alicyclic amines) is 1. The summed E-state index contributed by atoms with van der Waals surface area (Å²) in [5.41, 5.74) is 0. The average Bonchev–Trinajstić information content (AvgIpc) is 2.17. The molecule has 0 spiro atoms. The van der Waals surface area contributed by atoms with Gasteiger partial charge in [0.15, 0.2) is 0 Å². The fraction of sp³-hybridized carbons (Fsp3) is 0.889. The van der Waals surface area contributed by atoms with E-state index in [0.29, 0.717) is 0 Å². The SMILES string of the molecule is C[C@@H](CO)C(=O)N1CCCCC1. The maximum absolute atomic E-state index is 11.5. The van der Waals surface area contributed by atoms with Crippen molar-refractivity contribution in [3.63, 3.8) is 0 Å². The number of amides is 1. The summed E-state index contributed by atoms with van der Waals surface area (Å²) in [7, 11) is 0. The van der Waals surface area contributed by atoms with Gasteiger partial charge in [-0.05, 0) is 19.3 Å². The van der Waals surface area contributed by atoms with Crippen LogP contribution in [0.5, 0.6) is 0 Å². The van der Waals surface area contributed by atoms with Crippen LogP contribution in [-0.4, -0.2) is 35.6 Å². The zero-order chi connectivity index (χ0) is 8.97. The first-order chi connectivity index (χ1) is 5.75. The van der Waals surface area contributed by atoms with Crippen molar-refractivity contribution in [1.29, 1.82) is 0 Å². The van der Waals surface area contributed by atoms with Crippen molar-refractivity contribution >= 4 is 5.91 Å². The number of aliphatic hydroxyl groups is 1. The maximum Gasteiger partial charge on any atom is 0.227 e.